The largest absolute Gasteiger partial charge is 0.493 e. The van der Waals surface area contributed by atoms with Crippen molar-refractivity contribution in [1.29, 1.82) is 0 Å². The highest BCUT2D eigenvalue weighted by molar-refractivity contribution is 5.64. The van der Waals surface area contributed by atoms with Crippen LogP contribution in [0.2, 0.25) is 0 Å². The van der Waals surface area contributed by atoms with Crippen molar-refractivity contribution in [2.24, 2.45) is 0 Å². The van der Waals surface area contributed by atoms with E-state index in [1.165, 1.54) is 23.3 Å². The van der Waals surface area contributed by atoms with Crippen molar-refractivity contribution in [1.82, 2.24) is 9.80 Å². The minimum absolute atomic E-state index is 0.209. The van der Waals surface area contributed by atoms with E-state index in [9.17, 15) is 4.39 Å². The Balaban J connectivity index is 1.39. The molecule has 180 valence electrons. The van der Waals surface area contributed by atoms with Gasteiger partial charge in [-0.2, -0.15) is 0 Å². The van der Waals surface area contributed by atoms with Gasteiger partial charge in [-0.3, -0.25) is 9.80 Å². The number of halogens is 1. The highest BCUT2D eigenvalue weighted by atomic mass is 19.1. The minimum atomic E-state index is -0.209. The van der Waals surface area contributed by atoms with Crippen molar-refractivity contribution < 1.29 is 18.6 Å². The Kier molecular flexibility index (Phi) is 7.70. The smallest absolute Gasteiger partial charge is 0.203 e. The Morgan fingerprint density at radius 1 is 0.676 bits per heavy atom. The van der Waals surface area contributed by atoms with Crippen LogP contribution in [0.25, 0.3) is 11.1 Å². The second kappa shape index (κ2) is 10.9. The quantitative estimate of drug-likeness (QED) is 0.461. The Morgan fingerprint density at radius 3 is 1.85 bits per heavy atom. The summed E-state index contributed by atoms with van der Waals surface area (Å²) in [7, 11) is 4.93. The molecule has 0 atom stereocenters. The predicted octanol–water partition coefficient (Wildman–Crippen LogP) is 5.14. The number of methoxy groups -OCH3 is 3. The topological polar surface area (TPSA) is 34.2 Å². The van der Waals surface area contributed by atoms with Gasteiger partial charge in [0.15, 0.2) is 11.5 Å². The van der Waals surface area contributed by atoms with E-state index in [-0.39, 0.29) is 5.82 Å². The Hall–Kier alpha value is -3.09. The van der Waals surface area contributed by atoms with Gasteiger partial charge in [0.25, 0.3) is 0 Å². The third-order valence-electron chi connectivity index (χ3n) is 6.57. The van der Waals surface area contributed by atoms with Crippen LogP contribution in [0, 0.1) is 12.7 Å². The van der Waals surface area contributed by atoms with Crippen LogP contribution in [0.5, 0.6) is 17.2 Å². The fraction of sp³-hybridized carbons (Fsp3) is 0.357. The van der Waals surface area contributed by atoms with E-state index in [0.717, 1.165) is 61.7 Å². The summed E-state index contributed by atoms with van der Waals surface area (Å²) in [5, 5.41) is 0. The molecule has 0 radical (unpaired) electrons. The van der Waals surface area contributed by atoms with Gasteiger partial charge in [-0.05, 0) is 53.4 Å². The lowest BCUT2D eigenvalue weighted by molar-refractivity contribution is 0.121. The van der Waals surface area contributed by atoms with Crippen LogP contribution in [0.3, 0.4) is 0 Å². The van der Waals surface area contributed by atoms with E-state index in [4.69, 9.17) is 14.2 Å². The van der Waals surface area contributed by atoms with Gasteiger partial charge >= 0.3 is 0 Å². The fourth-order valence-electron chi connectivity index (χ4n) is 4.54. The number of benzene rings is 3. The van der Waals surface area contributed by atoms with Crippen LogP contribution >= 0.6 is 0 Å². The van der Waals surface area contributed by atoms with Gasteiger partial charge in [-0.25, -0.2) is 4.39 Å². The average Bonchev–Trinajstić information content (AvgIpc) is 2.86. The summed E-state index contributed by atoms with van der Waals surface area (Å²) in [5.41, 5.74) is 5.85. The maximum atomic E-state index is 13.3. The summed E-state index contributed by atoms with van der Waals surface area (Å²) in [5.74, 6) is 1.83. The number of rotatable bonds is 8. The average molecular weight is 465 g/mol. The molecule has 0 unspecified atom stereocenters. The van der Waals surface area contributed by atoms with Gasteiger partial charge in [-0.15, -0.1) is 0 Å². The maximum absolute atomic E-state index is 13.3. The molecule has 0 amide bonds. The molecule has 1 heterocycles. The van der Waals surface area contributed by atoms with Crippen molar-refractivity contribution >= 4 is 0 Å². The second-order valence-electron chi connectivity index (χ2n) is 8.69. The first-order chi connectivity index (χ1) is 16.5. The summed E-state index contributed by atoms with van der Waals surface area (Å²) in [6, 6.07) is 17.2. The maximum Gasteiger partial charge on any atom is 0.203 e. The monoisotopic (exact) mass is 464 g/mol. The molecule has 1 fully saturated rings. The first kappa shape index (κ1) is 24.0. The lowest BCUT2D eigenvalue weighted by Crippen LogP contribution is -2.45. The van der Waals surface area contributed by atoms with Crippen LogP contribution in [0.1, 0.15) is 16.7 Å². The van der Waals surface area contributed by atoms with Gasteiger partial charge in [0.05, 0.1) is 21.3 Å². The van der Waals surface area contributed by atoms with Crippen molar-refractivity contribution in [3.05, 3.63) is 77.1 Å². The molecule has 0 N–H and O–H groups in total. The number of nitrogens with zero attached hydrogens (tertiary/aromatic N) is 2. The highest BCUT2D eigenvalue weighted by Gasteiger charge is 2.21. The molecule has 3 aromatic carbocycles. The molecule has 4 rings (SSSR count). The number of piperazine rings is 1. The summed E-state index contributed by atoms with van der Waals surface area (Å²) in [6.45, 7) is 7.82. The van der Waals surface area contributed by atoms with Crippen LogP contribution in [-0.2, 0) is 13.1 Å². The lowest BCUT2D eigenvalue weighted by Gasteiger charge is -2.35. The fourth-order valence-corrected chi connectivity index (χ4v) is 4.54. The molecule has 0 spiro atoms. The van der Waals surface area contributed by atoms with Gasteiger partial charge in [0.2, 0.25) is 5.75 Å². The molecule has 1 aliphatic heterocycles. The van der Waals surface area contributed by atoms with Crippen molar-refractivity contribution in [2.75, 3.05) is 47.5 Å². The molecule has 1 saturated heterocycles. The van der Waals surface area contributed by atoms with E-state index < -0.39 is 0 Å². The molecule has 3 aromatic rings. The Labute approximate surface area is 201 Å². The molecule has 5 nitrogen and oxygen atoms in total. The van der Waals surface area contributed by atoms with Crippen LogP contribution in [-0.4, -0.2) is 57.3 Å². The lowest BCUT2D eigenvalue weighted by atomic mass is 9.99. The molecular formula is C28H33FN2O3. The summed E-state index contributed by atoms with van der Waals surface area (Å²) in [6.07, 6.45) is 0. The normalized spacial score (nSPS) is 14.7. The number of hydrogen-bond acceptors (Lipinski definition) is 5. The molecule has 0 aliphatic carbocycles. The van der Waals surface area contributed by atoms with E-state index in [0.29, 0.717) is 11.5 Å². The van der Waals surface area contributed by atoms with Crippen molar-refractivity contribution in [3.8, 4) is 28.4 Å². The zero-order valence-electron chi connectivity index (χ0n) is 20.4. The summed E-state index contributed by atoms with van der Waals surface area (Å²) < 4.78 is 29.9. The second-order valence-corrected chi connectivity index (χ2v) is 8.69. The predicted molar refractivity (Wildman–Crippen MR) is 133 cm³/mol. The van der Waals surface area contributed by atoms with Crippen LogP contribution in [0.15, 0.2) is 54.6 Å². The zero-order chi connectivity index (χ0) is 24.1. The van der Waals surface area contributed by atoms with Gasteiger partial charge in [0.1, 0.15) is 5.82 Å². The molecule has 0 bridgehead atoms. The van der Waals surface area contributed by atoms with E-state index in [1.807, 2.05) is 18.2 Å². The zero-order valence-corrected chi connectivity index (χ0v) is 20.4. The molecule has 0 saturated carbocycles. The van der Waals surface area contributed by atoms with Crippen LogP contribution in [0.4, 0.5) is 4.39 Å². The summed E-state index contributed by atoms with van der Waals surface area (Å²) in [4.78, 5) is 4.95. The van der Waals surface area contributed by atoms with Gasteiger partial charge in [-0.1, -0.05) is 30.3 Å². The highest BCUT2D eigenvalue weighted by Crippen LogP contribution is 2.40. The van der Waals surface area contributed by atoms with Gasteiger partial charge < -0.3 is 14.2 Å². The summed E-state index contributed by atoms with van der Waals surface area (Å²) >= 11 is 0. The standard InChI is InChI=1S/C28H33FN2O3/c1-20-5-6-22(21-7-10-25(29)11-8-21)17-24(20)19-31-15-13-30(14-16-31)18-23-9-12-26(32-2)28(34-4)27(23)33-3/h5-12,17H,13-16,18-19H2,1-4H3. The number of aryl methyl sites for hydroxylation is 1. The Bertz CT molecular complexity index is 1110. The van der Waals surface area contributed by atoms with Gasteiger partial charge in [0, 0.05) is 44.8 Å². The first-order valence-corrected chi connectivity index (χ1v) is 11.6. The third kappa shape index (κ3) is 5.34. The number of hydrogen-bond donors (Lipinski definition) is 0. The molecule has 34 heavy (non-hydrogen) atoms. The number of ether oxygens (including phenoxy) is 3. The van der Waals surface area contributed by atoms with Crippen molar-refractivity contribution in [2.45, 2.75) is 20.0 Å². The minimum Gasteiger partial charge on any atom is -0.493 e. The molecule has 6 heteroatoms. The van der Waals surface area contributed by atoms with Crippen LogP contribution < -0.4 is 14.2 Å². The molecular weight excluding hydrogens is 431 g/mol. The SMILES string of the molecule is COc1ccc(CN2CCN(Cc3cc(-c4ccc(F)cc4)ccc3C)CC2)c(OC)c1OC. The van der Waals surface area contributed by atoms with Crippen molar-refractivity contribution in [3.63, 3.8) is 0 Å². The third-order valence-corrected chi connectivity index (χ3v) is 6.57. The van der Waals surface area contributed by atoms with E-state index >= 15 is 0 Å². The van der Waals surface area contributed by atoms with E-state index in [2.05, 4.69) is 41.0 Å². The first-order valence-electron chi connectivity index (χ1n) is 11.6. The Morgan fingerprint density at radius 2 is 1.26 bits per heavy atom. The molecule has 0 aromatic heterocycles. The van der Waals surface area contributed by atoms with E-state index in [1.54, 1.807) is 21.3 Å². The molecule has 1 aliphatic rings.